The number of ether oxygens (including phenoxy) is 1. The molecule has 26 heavy (non-hydrogen) atoms. The summed E-state index contributed by atoms with van der Waals surface area (Å²) < 4.78 is 33.0. The predicted molar refractivity (Wildman–Crippen MR) is 97.3 cm³/mol. The molecule has 1 aliphatic carbocycles. The number of halogens is 3. The number of nitrogens with two attached hydrogens (primary N) is 1. The molecule has 1 saturated carbocycles. The first-order valence-corrected chi connectivity index (χ1v) is 8.27. The molecular formula is C19H21ClF2N2O2. The maximum absolute atomic E-state index is 14.2. The first kappa shape index (κ1) is 20.1. The van der Waals surface area contributed by atoms with E-state index in [4.69, 9.17) is 10.5 Å². The largest absolute Gasteiger partial charge is 0.451 e. The van der Waals surface area contributed by atoms with Crippen LogP contribution >= 0.6 is 12.4 Å². The highest BCUT2D eigenvalue weighted by Crippen LogP contribution is 2.27. The maximum atomic E-state index is 14.2. The molecule has 0 aromatic heterocycles. The van der Waals surface area contributed by atoms with Crippen molar-refractivity contribution in [1.82, 2.24) is 5.32 Å². The minimum absolute atomic E-state index is 0. The first-order valence-electron chi connectivity index (χ1n) is 8.27. The smallest absolute Gasteiger partial charge is 0.223 e. The second-order valence-electron chi connectivity index (χ2n) is 6.29. The van der Waals surface area contributed by atoms with Crippen molar-refractivity contribution in [2.45, 2.75) is 31.8 Å². The number of hydrogen-bond acceptors (Lipinski definition) is 3. The lowest BCUT2D eigenvalue weighted by atomic mass is 10.1. The molecular weight excluding hydrogens is 362 g/mol. The van der Waals surface area contributed by atoms with Crippen molar-refractivity contribution >= 4 is 18.3 Å². The second kappa shape index (κ2) is 8.96. The summed E-state index contributed by atoms with van der Waals surface area (Å²) in [6.45, 7) is 0.224. The molecule has 0 heterocycles. The van der Waals surface area contributed by atoms with Gasteiger partial charge in [0.2, 0.25) is 5.91 Å². The fourth-order valence-electron chi connectivity index (χ4n) is 2.97. The Morgan fingerprint density at radius 1 is 1.12 bits per heavy atom. The number of para-hydroxylation sites is 1. The topological polar surface area (TPSA) is 64.4 Å². The summed E-state index contributed by atoms with van der Waals surface area (Å²) in [6, 6.07) is 10.2. The highest BCUT2D eigenvalue weighted by Gasteiger charge is 2.27. The van der Waals surface area contributed by atoms with Gasteiger partial charge in [0.05, 0.1) is 0 Å². The van der Waals surface area contributed by atoms with Crippen LogP contribution < -0.4 is 15.8 Å². The monoisotopic (exact) mass is 382 g/mol. The van der Waals surface area contributed by atoms with Crippen LogP contribution in [0.4, 0.5) is 8.78 Å². The number of carbonyl (C=O) groups excluding carboxylic acids is 1. The molecule has 0 aliphatic heterocycles. The third-order valence-electron chi connectivity index (χ3n) is 4.36. The van der Waals surface area contributed by atoms with E-state index in [-0.39, 0.29) is 48.3 Å². The third kappa shape index (κ3) is 4.93. The number of hydrogen-bond donors (Lipinski definition) is 2. The molecule has 2 atom stereocenters. The third-order valence-corrected chi connectivity index (χ3v) is 4.36. The second-order valence-corrected chi connectivity index (χ2v) is 6.29. The summed E-state index contributed by atoms with van der Waals surface area (Å²) in [6.07, 6.45) is 2.33. The zero-order valence-corrected chi connectivity index (χ0v) is 14.9. The fraction of sp³-hybridized carbons (Fsp3) is 0.316. The summed E-state index contributed by atoms with van der Waals surface area (Å²) in [4.78, 5) is 12.1. The Hall–Kier alpha value is -2.18. The van der Waals surface area contributed by atoms with E-state index in [0.717, 1.165) is 12.8 Å². The lowest BCUT2D eigenvalue weighted by Crippen LogP contribution is -2.30. The van der Waals surface area contributed by atoms with Gasteiger partial charge in [0, 0.05) is 18.5 Å². The van der Waals surface area contributed by atoms with Gasteiger partial charge in [0.15, 0.2) is 23.1 Å². The molecule has 0 saturated heterocycles. The Labute approximate surface area is 157 Å². The molecule has 4 nitrogen and oxygen atoms in total. The molecule has 0 spiro atoms. The van der Waals surface area contributed by atoms with Gasteiger partial charge in [-0.2, -0.15) is 0 Å². The Balaban J connectivity index is 0.00000243. The lowest BCUT2D eigenvalue weighted by Gasteiger charge is -2.12. The molecule has 2 unspecified atom stereocenters. The molecule has 0 radical (unpaired) electrons. The molecule has 7 heteroatoms. The van der Waals surface area contributed by atoms with E-state index in [1.54, 1.807) is 12.1 Å². The van der Waals surface area contributed by atoms with Gasteiger partial charge in [0.25, 0.3) is 0 Å². The minimum Gasteiger partial charge on any atom is -0.451 e. The van der Waals surface area contributed by atoms with Crippen molar-refractivity contribution < 1.29 is 18.3 Å². The number of nitrogens with one attached hydrogen (secondary N) is 1. The lowest BCUT2D eigenvalue weighted by molar-refractivity contribution is -0.125. The summed E-state index contributed by atoms with van der Waals surface area (Å²) in [5.74, 6) is -1.41. The number of carbonyl (C=O) groups is 1. The van der Waals surface area contributed by atoms with Crippen LogP contribution in [0.15, 0.2) is 42.5 Å². The van der Waals surface area contributed by atoms with Crippen molar-refractivity contribution in [2.75, 3.05) is 0 Å². The summed E-state index contributed by atoms with van der Waals surface area (Å²) in [5, 5.41) is 2.80. The zero-order valence-electron chi connectivity index (χ0n) is 14.1. The molecule has 140 valence electrons. The van der Waals surface area contributed by atoms with Crippen LogP contribution in [0, 0.1) is 17.6 Å². The molecule has 2 aromatic carbocycles. The van der Waals surface area contributed by atoms with Gasteiger partial charge in [0.1, 0.15) is 0 Å². The van der Waals surface area contributed by atoms with E-state index in [1.807, 2.05) is 0 Å². The van der Waals surface area contributed by atoms with Gasteiger partial charge >= 0.3 is 0 Å². The Kier molecular flexibility index (Phi) is 6.94. The van der Waals surface area contributed by atoms with Crippen molar-refractivity contribution in [1.29, 1.82) is 0 Å². The molecule has 1 aliphatic rings. The van der Waals surface area contributed by atoms with Gasteiger partial charge in [-0.25, -0.2) is 8.78 Å². The fourth-order valence-corrected chi connectivity index (χ4v) is 2.97. The van der Waals surface area contributed by atoms with E-state index in [9.17, 15) is 13.6 Å². The number of benzene rings is 2. The van der Waals surface area contributed by atoms with Crippen LogP contribution in [-0.4, -0.2) is 11.9 Å². The average Bonchev–Trinajstić information content (AvgIpc) is 3.03. The van der Waals surface area contributed by atoms with Crippen molar-refractivity contribution in [3.63, 3.8) is 0 Å². The van der Waals surface area contributed by atoms with Crippen LogP contribution in [-0.2, 0) is 11.3 Å². The van der Waals surface area contributed by atoms with Crippen LogP contribution in [0.2, 0.25) is 0 Å². The van der Waals surface area contributed by atoms with Gasteiger partial charge in [-0.15, -0.1) is 12.4 Å². The van der Waals surface area contributed by atoms with Gasteiger partial charge < -0.3 is 15.8 Å². The van der Waals surface area contributed by atoms with E-state index < -0.39 is 11.6 Å². The van der Waals surface area contributed by atoms with E-state index in [2.05, 4.69) is 5.32 Å². The van der Waals surface area contributed by atoms with Crippen LogP contribution in [0.25, 0.3) is 0 Å². The first-order chi connectivity index (χ1) is 12.0. The molecule has 0 bridgehead atoms. The predicted octanol–water partition coefficient (Wildman–Crippen LogP) is 3.92. The normalized spacial score (nSPS) is 18.9. The van der Waals surface area contributed by atoms with E-state index in [1.165, 1.54) is 30.3 Å². The van der Waals surface area contributed by atoms with Crippen LogP contribution in [0.3, 0.4) is 0 Å². The standard InChI is InChI=1S/C19H20F2N2O2.ClH/c20-15-3-1-2-4-17(15)25-18-8-5-12(9-16(18)21)11-23-19(24)13-6-7-14(22)10-13;/h1-5,8-9,13-14H,6-7,10-11,22H2,(H,23,24);1H. The SMILES string of the molecule is Cl.NC1CCC(C(=O)NCc2ccc(Oc3ccccc3F)c(F)c2)C1. The Morgan fingerprint density at radius 3 is 2.50 bits per heavy atom. The quantitative estimate of drug-likeness (QED) is 0.823. The maximum Gasteiger partial charge on any atom is 0.223 e. The molecule has 1 amide bonds. The van der Waals surface area contributed by atoms with E-state index >= 15 is 0 Å². The minimum atomic E-state index is -0.613. The Morgan fingerprint density at radius 2 is 1.85 bits per heavy atom. The highest BCUT2D eigenvalue weighted by atomic mass is 35.5. The number of rotatable bonds is 5. The average molecular weight is 383 g/mol. The van der Waals surface area contributed by atoms with Crippen LogP contribution in [0.1, 0.15) is 24.8 Å². The molecule has 2 aromatic rings. The van der Waals surface area contributed by atoms with Crippen molar-refractivity contribution in [3.8, 4) is 11.5 Å². The zero-order chi connectivity index (χ0) is 17.8. The summed E-state index contributed by atoms with van der Waals surface area (Å²) >= 11 is 0. The van der Waals surface area contributed by atoms with E-state index in [0.29, 0.717) is 12.0 Å². The highest BCUT2D eigenvalue weighted by molar-refractivity contribution is 5.85. The molecule has 3 N–H and O–H groups in total. The van der Waals surface area contributed by atoms with Crippen molar-refractivity contribution in [3.05, 3.63) is 59.7 Å². The van der Waals surface area contributed by atoms with Gasteiger partial charge in [-0.1, -0.05) is 18.2 Å². The van der Waals surface area contributed by atoms with Crippen molar-refractivity contribution in [2.24, 2.45) is 11.7 Å². The van der Waals surface area contributed by atoms with Crippen LogP contribution in [0.5, 0.6) is 11.5 Å². The summed E-state index contributed by atoms with van der Waals surface area (Å²) in [7, 11) is 0. The van der Waals surface area contributed by atoms with Gasteiger partial charge in [-0.05, 0) is 49.1 Å². The molecule has 1 fully saturated rings. The Bertz CT molecular complexity index is 773. The number of amides is 1. The summed E-state index contributed by atoms with van der Waals surface area (Å²) in [5.41, 5.74) is 6.42. The molecule has 3 rings (SSSR count). The van der Waals surface area contributed by atoms with Gasteiger partial charge in [-0.3, -0.25) is 4.79 Å².